The van der Waals surface area contributed by atoms with Gasteiger partial charge in [-0.3, -0.25) is 9.52 Å². The molecule has 1 aliphatic heterocycles. The first kappa shape index (κ1) is 5.91. The molecule has 1 amide bonds. The Kier molecular flexibility index (Phi) is 1.75. The zero-order valence-corrected chi connectivity index (χ0v) is 5.20. The highest BCUT2D eigenvalue weighted by molar-refractivity contribution is 7.97. The Morgan fingerprint density at radius 3 is 2.88 bits per heavy atom. The van der Waals surface area contributed by atoms with Crippen molar-refractivity contribution in [3.8, 4) is 0 Å². The monoisotopic (exact) mass is 132 g/mol. The van der Waals surface area contributed by atoms with Gasteiger partial charge in [0.1, 0.15) is 0 Å². The van der Waals surface area contributed by atoms with E-state index in [0.717, 1.165) is 12.3 Å². The van der Waals surface area contributed by atoms with Crippen molar-refractivity contribution in [3.05, 3.63) is 0 Å². The van der Waals surface area contributed by atoms with Crippen molar-refractivity contribution in [2.45, 2.75) is 0 Å². The van der Waals surface area contributed by atoms with Crippen molar-refractivity contribution in [2.75, 3.05) is 12.3 Å². The number of carbonyl (C=O) groups is 1. The zero-order valence-electron chi connectivity index (χ0n) is 4.39. The van der Waals surface area contributed by atoms with Crippen molar-refractivity contribution >= 4 is 17.9 Å². The third kappa shape index (κ3) is 1.14. The van der Waals surface area contributed by atoms with E-state index in [2.05, 4.69) is 4.72 Å². The molecule has 0 unspecified atom stereocenters. The quantitative estimate of drug-likeness (QED) is 0.466. The summed E-state index contributed by atoms with van der Waals surface area (Å²) >= 11 is 1.56. The van der Waals surface area contributed by atoms with E-state index in [1.54, 1.807) is 11.9 Å². The van der Waals surface area contributed by atoms with Gasteiger partial charge in [0, 0.05) is 12.3 Å². The second kappa shape index (κ2) is 2.37. The van der Waals surface area contributed by atoms with E-state index >= 15 is 0 Å². The van der Waals surface area contributed by atoms with Crippen LogP contribution >= 0.6 is 11.9 Å². The Morgan fingerprint density at radius 1 is 1.88 bits per heavy atom. The van der Waals surface area contributed by atoms with Gasteiger partial charge in [0.05, 0.1) is 5.92 Å². The van der Waals surface area contributed by atoms with E-state index in [9.17, 15) is 4.79 Å². The molecular weight excluding hydrogens is 124 g/mol. The SMILES string of the molecule is NC(=O)[C@H]1CNSC1. The van der Waals surface area contributed by atoms with Crippen molar-refractivity contribution in [3.63, 3.8) is 0 Å². The van der Waals surface area contributed by atoms with E-state index in [1.165, 1.54) is 0 Å². The summed E-state index contributed by atoms with van der Waals surface area (Å²) < 4.78 is 2.97. The lowest BCUT2D eigenvalue weighted by Crippen LogP contribution is -2.26. The Labute approximate surface area is 52.1 Å². The van der Waals surface area contributed by atoms with Gasteiger partial charge < -0.3 is 5.73 Å². The highest BCUT2D eigenvalue weighted by Crippen LogP contribution is 2.11. The number of rotatable bonds is 1. The molecule has 1 atom stereocenters. The van der Waals surface area contributed by atoms with E-state index in [4.69, 9.17) is 5.73 Å². The van der Waals surface area contributed by atoms with E-state index in [0.29, 0.717) is 0 Å². The number of hydrogen-bond donors (Lipinski definition) is 2. The average Bonchev–Trinajstić information content (AvgIpc) is 2.12. The Morgan fingerprint density at radius 2 is 2.62 bits per heavy atom. The molecule has 0 radical (unpaired) electrons. The van der Waals surface area contributed by atoms with Gasteiger partial charge in [-0.05, 0) is 0 Å². The Hall–Kier alpha value is -0.220. The lowest BCUT2D eigenvalue weighted by Gasteiger charge is -1.96. The molecular formula is C4H8N2OS. The molecule has 3 nitrogen and oxygen atoms in total. The van der Waals surface area contributed by atoms with Crippen LogP contribution in [0, 0.1) is 5.92 Å². The highest BCUT2D eigenvalue weighted by atomic mass is 32.2. The van der Waals surface area contributed by atoms with Crippen LogP contribution in [0.15, 0.2) is 0 Å². The van der Waals surface area contributed by atoms with Gasteiger partial charge in [-0.15, -0.1) is 0 Å². The molecule has 0 aromatic heterocycles. The maximum Gasteiger partial charge on any atom is 0.222 e. The normalized spacial score (nSPS) is 28.2. The number of carbonyl (C=O) groups excluding carboxylic acids is 1. The predicted molar refractivity (Wildman–Crippen MR) is 33.1 cm³/mol. The molecule has 1 fully saturated rings. The first-order valence-corrected chi connectivity index (χ1v) is 3.43. The largest absolute Gasteiger partial charge is 0.369 e. The van der Waals surface area contributed by atoms with Crippen LogP contribution in [-0.2, 0) is 4.79 Å². The van der Waals surface area contributed by atoms with Gasteiger partial charge in [0.25, 0.3) is 0 Å². The topological polar surface area (TPSA) is 55.1 Å². The minimum atomic E-state index is -0.192. The fourth-order valence-corrected chi connectivity index (χ4v) is 1.48. The van der Waals surface area contributed by atoms with Crippen LogP contribution in [0.4, 0.5) is 0 Å². The van der Waals surface area contributed by atoms with Gasteiger partial charge in [-0.1, -0.05) is 11.9 Å². The third-order valence-corrected chi connectivity index (χ3v) is 2.06. The van der Waals surface area contributed by atoms with Crippen molar-refractivity contribution in [2.24, 2.45) is 11.7 Å². The molecule has 4 heteroatoms. The fraction of sp³-hybridized carbons (Fsp3) is 0.750. The average molecular weight is 132 g/mol. The molecule has 3 N–H and O–H groups in total. The Bertz CT molecular complexity index is 100. The summed E-state index contributed by atoms with van der Waals surface area (Å²) in [5, 5.41) is 0. The van der Waals surface area contributed by atoms with E-state index in [-0.39, 0.29) is 11.8 Å². The number of primary amides is 1. The van der Waals surface area contributed by atoms with Crippen LogP contribution in [0.2, 0.25) is 0 Å². The van der Waals surface area contributed by atoms with Gasteiger partial charge in [-0.2, -0.15) is 0 Å². The van der Waals surface area contributed by atoms with Gasteiger partial charge >= 0.3 is 0 Å². The van der Waals surface area contributed by atoms with Crippen molar-refractivity contribution in [1.82, 2.24) is 4.72 Å². The minimum absolute atomic E-state index is 0.0556. The predicted octanol–water partition coefficient (Wildman–Crippen LogP) is -0.661. The number of amides is 1. The minimum Gasteiger partial charge on any atom is -0.369 e. The maximum atomic E-state index is 10.4. The van der Waals surface area contributed by atoms with Crippen LogP contribution in [0.3, 0.4) is 0 Å². The molecule has 0 aromatic rings. The van der Waals surface area contributed by atoms with Crippen molar-refractivity contribution < 1.29 is 4.79 Å². The molecule has 1 saturated heterocycles. The first-order valence-electron chi connectivity index (χ1n) is 2.44. The third-order valence-electron chi connectivity index (χ3n) is 1.12. The van der Waals surface area contributed by atoms with Gasteiger partial charge in [0.2, 0.25) is 5.91 Å². The van der Waals surface area contributed by atoms with Crippen LogP contribution < -0.4 is 10.5 Å². The Balaban J connectivity index is 2.35. The second-order valence-electron chi connectivity index (χ2n) is 1.76. The molecule has 1 rings (SSSR count). The van der Waals surface area contributed by atoms with Crippen molar-refractivity contribution in [1.29, 1.82) is 0 Å². The van der Waals surface area contributed by atoms with Gasteiger partial charge in [0.15, 0.2) is 0 Å². The number of nitrogens with two attached hydrogens (primary N) is 1. The summed E-state index contributed by atoms with van der Waals surface area (Å²) in [6.45, 7) is 0.736. The summed E-state index contributed by atoms with van der Waals surface area (Å²) in [5.41, 5.74) is 5.01. The standard InChI is InChI=1S/C4H8N2OS/c5-4(7)3-1-6-8-2-3/h3,6H,1-2H2,(H2,5,7)/t3-/m0/s1. The van der Waals surface area contributed by atoms with Crippen LogP contribution in [-0.4, -0.2) is 18.2 Å². The second-order valence-corrected chi connectivity index (χ2v) is 2.67. The summed E-state index contributed by atoms with van der Waals surface area (Å²) in [7, 11) is 0. The van der Waals surface area contributed by atoms with Crippen LogP contribution in [0.25, 0.3) is 0 Å². The molecule has 0 bridgehead atoms. The molecule has 8 heavy (non-hydrogen) atoms. The zero-order chi connectivity index (χ0) is 5.98. The summed E-state index contributed by atoms with van der Waals surface area (Å²) in [4.78, 5) is 10.4. The number of hydrogen-bond acceptors (Lipinski definition) is 3. The molecule has 0 aliphatic carbocycles. The maximum absolute atomic E-state index is 10.4. The fourth-order valence-electron chi connectivity index (χ4n) is 0.561. The molecule has 0 saturated carbocycles. The molecule has 46 valence electrons. The lowest BCUT2D eigenvalue weighted by molar-refractivity contribution is -0.120. The molecule has 1 heterocycles. The molecule has 0 spiro atoms. The van der Waals surface area contributed by atoms with Crippen LogP contribution in [0.5, 0.6) is 0 Å². The number of nitrogens with one attached hydrogen (secondary N) is 1. The van der Waals surface area contributed by atoms with Gasteiger partial charge in [-0.25, -0.2) is 0 Å². The van der Waals surface area contributed by atoms with Crippen LogP contribution in [0.1, 0.15) is 0 Å². The highest BCUT2D eigenvalue weighted by Gasteiger charge is 2.19. The molecule has 1 aliphatic rings. The first-order chi connectivity index (χ1) is 3.80. The van der Waals surface area contributed by atoms with E-state index < -0.39 is 0 Å². The lowest BCUT2D eigenvalue weighted by atomic mass is 10.2. The van der Waals surface area contributed by atoms with E-state index in [1.807, 2.05) is 0 Å². The summed E-state index contributed by atoms with van der Waals surface area (Å²) in [6, 6.07) is 0. The smallest absolute Gasteiger partial charge is 0.222 e. The summed E-state index contributed by atoms with van der Waals surface area (Å²) in [6.07, 6.45) is 0. The summed E-state index contributed by atoms with van der Waals surface area (Å²) in [5.74, 6) is 0.692. The molecule has 0 aromatic carbocycles.